The molecule has 2 fully saturated rings. The van der Waals surface area contributed by atoms with Crippen LogP contribution in [-0.4, -0.2) is 31.6 Å². The van der Waals surface area contributed by atoms with E-state index in [2.05, 4.69) is 33.0 Å². The molecule has 1 saturated carbocycles. The highest BCUT2D eigenvalue weighted by Crippen LogP contribution is 2.45. The lowest BCUT2D eigenvalue weighted by atomic mass is 9.71. The van der Waals surface area contributed by atoms with Crippen molar-refractivity contribution in [3.63, 3.8) is 0 Å². The van der Waals surface area contributed by atoms with Gasteiger partial charge in [-0.3, -0.25) is 0 Å². The summed E-state index contributed by atoms with van der Waals surface area (Å²) in [4.78, 5) is 0. The molecule has 1 aliphatic carbocycles. The molecule has 0 aromatic carbocycles. The zero-order valence-corrected chi connectivity index (χ0v) is 14.5. The first-order valence-electron chi connectivity index (χ1n) is 8.98. The van der Waals surface area contributed by atoms with Gasteiger partial charge in [0.15, 0.2) is 5.79 Å². The zero-order valence-electron chi connectivity index (χ0n) is 14.5. The highest BCUT2D eigenvalue weighted by molar-refractivity contribution is 4.89. The predicted octanol–water partition coefficient (Wildman–Crippen LogP) is 4.11. The first-order valence-corrected chi connectivity index (χ1v) is 8.98. The summed E-state index contributed by atoms with van der Waals surface area (Å²) in [6.45, 7) is 12.1. The Morgan fingerprint density at radius 1 is 1.14 bits per heavy atom. The van der Waals surface area contributed by atoms with Crippen LogP contribution >= 0.6 is 0 Å². The van der Waals surface area contributed by atoms with Crippen LogP contribution in [0.15, 0.2) is 0 Å². The first-order chi connectivity index (χ1) is 9.95. The Labute approximate surface area is 131 Å². The molecule has 0 bridgehead atoms. The summed E-state index contributed by atoms with van der Waals surface area (Å²) >= 11 is 0. The molecule has 2 rings (SSSR count). The second kappa shape index (κ2) is 7.43. The largest absolute Gasteiger partial charge is 0.347 e. The molecule has 0 aromatic heterocycles. The molecule has 21 heavy (non-hydrogen) atoms. The van der Waals surface area contributed by atoms with Crippen molar-refractivity contribution in [2.24, 2.45) is 11.3 Å². The second-order valence-electron chi connectivity index (χ2n) is 8.01. The van der Waals surface area contributed by atoms with Crippen molar-refractivity contribution >= 4 is 0 Å². The van der Waals surface area contributed by atoms with Gasteiger partial charge in [-0.15, -0.1) is 0 Å². The Bertz CT molecular complexity index is 303. The van der Waals surface area contributed by atoms with Crippen LogP contribution in [0.4, 0.5) is 0 Å². The molecule has 3 nitrogen and oxygen atoms in total. The number of ether oxygens (including phenoxy) is 2. The van der Waals surface area contributed by atoms with E-state index in [-0.39, 0.29) is 11.9 Å². The highest BCUT2D eigenvalue weighted by Gasteiger charge is 2.45. The monoisotopic (exact) mass is 297 g/mol. The summed E-state index contributed by atoms with van der Waals surface area (Å²) in [7, 11) is 0. The minimum absolute atomic E-state index is 0.248. The van der Waals surface area contributed by atoms with Crippen molar-refractivity contribution in [3.8, 4) is 0 Å². The molecule has 3 heteroatoms. The van der Waals surface area contributed by atoms with E-state index < -0.39 is 0 Å². The summed E-state index contributed by atoms with van der Waals surface area (Å²) in [5.41, 5.74) is 0.417. The molecule has 1 unspecified atom stereocenters. The summed E-state index contributed by atoms with van der Waals surface area (Å²) in [5, 5.41) is 3.51. The van der Waals surface area contributed by atoms with Gasteiger partial charge in [0.05, 0.1) is 12.7 Å². The van der Waals surface area contributed by atoms with Gasteiger partial charge >= 0.3 is 0 Å². The van der Waals surface area contributed by atoms with Crippen molar-refractivity contribution in [1.82, 2.24) is 5.32 Å². The van der Waals surface area contributed by atoms with E-state index in [1.165, 1.54) is 32.1 Å². The van der Waals surface area contributed by atoms with Crippen LogP contribution in [-0.2, 0) is 9.47 Å². The second-order valence-corrected chi connectivity index (χ2v) is 8.01. The standard InChI is InChI=1S/C18H35NO2/c1-5-6-7-12-19-13-16-14-20-18(21-16)10-8-15(9-11-18)17(2,3)4/h15-16,19H,5-14H2,1-4H3. The third-order valence-corrected chi connectivity index (χ3v) is 5.21. The van der Waals surface area contributed by atoms with Crippen molar-refractivity contribution in [3.05, 3.63) is 0 Å². The van der Waals surface area contributed by atoms with E-state index in [1.54, 1.807) is 0 Å². The molecule has 2 aliphatic rings. The summed E-state index contributed by atoms with van der Waals surface area (Å²) in [6, 6.07) is 0. The van der Waals surface area contributed by atoms with Gasteiger partial charge in [0, 0.05) is 19.4 Å². The predicted molar refractivity (Wildman–Crippen MR) is 87.4 cm³/mol. The Balaban J connectivity index is 1.68. The van der Waals surface area contributed by atoms with Crippen LogP contribution in [0.25, 0.3) is 0 Å². The Morgan fingerprint density at radius 2 is 1.86 bits per heavy atom. The SMILES string of the molecule is CCCCCNCC1COC2(CCC(C(C)(C)C)CC2)O1. The molecule has 1 saturated heterocycles. The van der Waals surface area contributed by atoms with Gasteiger partial charge in [-0.2, -0.15) is 0 Å². The number of rotatable bonds is 6. The Kier molecular flexibility index (Phi) is 6.10. The fourth-order valence-electron chi connectivity index (χ4n) is 3.67. The number of nitrogens with one attached hydrogen (secondary N) is 1. The number of hydrogen-bond acceptors (Lipinski definition) is 3. The fraction of sp³-hybridized carbons (Fsp3) is 1.00. The minimum atomic E-state index is -0.252. The van der Waals surface area contributed by atoms with Gasteiger partial charge in [-0.1, -0.05) is 40.5 Å². The van der Waals surface area contributed by atoms with Crippen molar-refractivity contribution in [2.45, 2.75) is 84.5 Å². The minimum Gasteiger partial charge on any atom is -0.347 e. The summed E-state index contributed by atoms with van der Waals surface area (Å²) in [5.74, 6) is 0.555. The topological polar surface area (TPSA) is 30.5 Å². The van der Waals surface area contributed by atoms with Gasteiger partial charge in [-0.25, -0.2) is 0 Å². The van der Waals surface area contributed by atoms with Crippen molar-refractivity contribution in [2.75, 3.05) is 19.7 Å². The molecule has 1 heterocycles. The summed E-state index contributed by atoms with van der Waals surface area (Å²) in [6.07, 6.45) is 8.72. The van der Waals surface area contributed by atoms with Gasteiger partial charge in [0.2, 0.25) is 0 Å². The average molecular weight is 297 g/mol. The Morgan fingerprint density at radius 3 is 2.48 bits per heavy atom. The van der Waals surface area contributed by atoms with Crippen LogP contribution in [0.1, 0.15) is 72.6 Å². The van der Waals surface area contributed by atoms with E-state index in [9.17, 15) is 0 Å². The molecule has 1 aliphatic heterocycles. The molecule has 1 N–H and O–H groups in total. The molecule has 124 valence electrons. The maximum absolute atomic E-state index is 6.27. The van der Waals surface area contributed by atoms with Crippen molar-refractivity contribution < 1.29 is 9.47 Å². The molecule has 0 aromatic rings. The average Bonchev–Trinajstić information content (AvgIpc) is 2.81. The van der Waals surface area contributed by atoms with E-state index >= 15 is 0 Å². The van der Waals surface area contributed by atoms with Crippen LogP contribution in [0.5, 0.6) is 0 Å². The number of hydrogen-bond donors (Lipinski definition) is 1. The van der Waals surface area contributed by atoms with E-state index in [1.807, 2.05) is 0 Å². The maximum Gasteiger partial charge on any atom is 0.168 e. The zero-order chi connectivity index (χ0) is 15.3. The van der Waals surface area contributed by atoms with Crippen LogP contribution in [0.2, 0.25) is 0 Å². The molecule has 0 amide bonds. The van der Waals surface area contributed by atoms with Gasteiger partial charge in [0.25, 0.3) is 0 Å². The normalized spacial score (nSPS) is 33.7. The Hall–Kier alpha value is -0.120. The fourth-order valence-corrected chi connectivity index (χ4v) is 3.67. The van der Waals surface area contributed by atoms with Crippen molar-refractivity contribution in [1.29, 1.82) is 0 Å². The lowest BCUT2D eigenvalue weighted by molar-refractivity contribution is -0.196. The lowest BCUT2D eigenvalue weighted by Crippen LogP contribution is -2.39. The molecule has 1 spiro atoms. The molecular weight excluding hydrogens is 262 g/mol. The smallest absolute Gasteiger partial charge is 0.168 e. The number of unbranched alkanes of at least 4 members (excludes halogenated alkanes) is 2. The van der Waals surface area contributed by atoms with E-state index in [4.69, 9.17) is 9.47 Å². The highest BCUT2D eigenvalue weighted by atomic mass is 16.7. The lowest BCUT2D eigenvalue weighted by Gasteiger charge is -2.41. The van der Waals surface area contributed by atoms with Crippen LogP contribution < -0.4 is 5.32 Å². The van der Waals surface area contributed by atoms with E-state index in [0.29, 0.717) is 5.41 Å². The van der Waals surface area contributed by atoms with Gasteiger partial charge in [0.1, 0.15) is 0 Å². The van der Waals surface area contributed by atoms with E-state index in [0.717, 1.165) is 38.5 Å². The quantitative estimate of drug-likeness (QED) is 0.748. The first kappa shape index (κ1) is 17.2. The molecule has 1 atom stereocenters. The van der Waals surface area contributed by atoms with Crippen LogP contribution in [0, 0.1) is 11.3 Å². The molecule has 0 radical (unpaired) electrons. The van der Waals surface area contributed by atoms with Crippen LogP contribution in [0.3, 0.4) is 0 Å². The summed E-state index contributed by atoms with van der Waals surface area (Å²) < 4.78 is 12.3. The third kappa shape index (κ3) is 4.94. The maximum atomic E-state index is 6.27. The third-order valence-electron chi connectivity index (χ3n) is 5.21. The van der Waals surface area contributed by atoms with Gasteiger partial charge < -0.3 is 14.8 Å². The van der Waals surface area contributed by atoms with Gasteiger partial charge in [-0.05, 0) is 37.1 Å². The molecular formula is C18H35NO2.